The Kier molecular flexibility index (Phi) is 6.18. The molecule has 0 unspecified atom stereocenters. The summed E-state index contributed by atoms with van der Waals surface area (Å²) in [4.78, 5) is 0. The van der Waals surface area contributed by atoms with Crippen LogP contribution in [0.25, 0.3) is 0 Å². The summed E-state index contributed by atoms with van der Waals surface area (Å²) < 4.78 is 11.5. The molecule has 0 aromatic carbocycles. The normalized spacial score (nSPS) is 20.0. The predicted molar refractivity (Wildman–Crippen MR) is 74.2 cm³/mol. The minimum atomic E-state index is 0.855. The van der Waals surface area contributed by atoms with Gasteiger partial charge in [0.25, 0.3) is 0 Å². The summed E-state index contributed by atoms with van der Waals surface area (Å²) in [6.07, 6.45) is 16.7. The van der Waals surface area contributed by atoms with Crippen molar-refractivity contribution in [3.8, 4) is 0 Å². The van der Waals surface area contributed by atoms with Crippen LogP contribution in [0, 0.1) is 0 Å². The molecule has 0 spiro atoms. The van der Waals surface area contributed by atoms with E-state index < -0.39 is 0 Å². The standard InChI is InChI=1S/C16H26O2/c1-3-9-15(10-4-1)17-13-7-8-14-18-16-11-5-2-6-12-16/h9,11H,1-8,10,12-14H2. The van der Waals surface area contributed by atoms with E-state index >= 15 is 0 Å². The molecule has 2 nitrogen and oxygen atoms in total. The maximum absolute atomic E-state index is 5.77. The minimum absolute atomic E-state index is 0.855. The molecule has 0 radical (unpaired) electrons. The van der Waals surface area contributed by atoms with E-state index in [0.717, 1.165) is 38.9 Å². The number of hydrogen-bond donors (Lipinski definition) is 0. The van der Waals surface area contributed by atoms with Gasteiger partial charge in [-0.3, -0.25) is 0 Å². The van der Waals surface area contributed by atoms with Gasteiger partial charge in [-0.1, -0.05) is 0 Å². The van der Waals surface area contributed by atoms with Gasteiger partial charge in [0, 0.05) is 12.8 Å². The van der Waals surface area contributed by atoms with E-state index in [4.69, 9.17) is 9.47 Å². The van der Waals surface area contributed by atoms with Gasteiger partial charge >= 0.3 is 0 Å². The number of rotatable bonds is 7. The Bertz CT molecular complexity index is 261. The molecule has 0 aliphatic heterocycles. The zero-order valence-corrected chi connectivity index (χ0v) is 11.5. The lowest BCUT2D eigenvalue weighted by molar-refractivity contribution is 0.159. The highest BCUT2D eigenvalue weighted by Crippen LogP contribution is 2.19. The number of unbranched alkanes of at least 4 members (excludes halogenated alkanes) is 1. The number of hydrogen-bond acceptors (Lipinski definition) is 2. The van der Waals surface area contributed by atoms with Crippen LogP contribution in [0.1, 0.15) is 64.2 Å². The summed E-state index contributed by atoms with van der Waals surface area (Å²) in [5, 5.41) is 0. The van der Waals surface area contributed by atoms with Gasteiger partial charge in [-0.2, -0.15) is 0 Å². The second kappa shape index (κ2) is 8.23. The van der Waals surface area contributed by atoms with Crippen molar-refractivity contribution >= 4 is 0 Å². The highest BCUT2D eigenvalue weighted by molar-refractivity contribution is 4.97. The first-order chi connectivity index (χ1) is 8.95. The van der Waals surface area contributed by atoms with Crippen molar-refractivity contribution < 1.29 is 9.47 Å². The summed E-state index contributed by atoms with van der Waals surface area (Å²) in [5.74, 6) is 2.44. The summed E-state index contributed by atoms with van der Waals surface area (Å²) in [6, 6.07) is 0. The molecule has 0 fully saturated rings. The maximum atomic E-state index is 5.77. The van der Waals surface area contributed by atoms with Crippen LogP contribution in [0.5, 0.6) is 0 Å². The molecular formula is C16H26O2. The van der Waals surface area contributed by atoms with E-state index in [1.165, 1.54) is 50.0 Å². The summed E-state index contributed by atoms with van der Waals surface area (Å²) >= 11 is 0. The zero-order chi connectivity index (χ0) is 12.5. The SMILES string of the molecule is C1=C(OCCCCOC2=CCCCC2)CCCC1. The molecule has 0 N–H and O–H groups in total. The molecule has 2 aliphatic carbocycles. The van der Waals surface area contributed by atoms with Crippen molar-refractivity contribution in [3.63, 3.8) is 0 Å². The third kappa shape index (κ3) is 5.16. The van der Waals surface area contributed by atoms with Crippen molar-refractivity contribution in [1.29, 1.82) is 0 Å². The molecule has 0 saturated carbocycles. The van der Waals surface area contributed by atoms with Crippen molar-refractivity contribution in [2.45, 2.75) is 64.2 Å². The van der Waals surface area contributed by atoms with Crippen LogP contribution in [-0.2, 0) is 9.47 Å². The summed E-state index contributed by atoms with van der Waals surface area (Å²) in [6.45, 7) is 1.71. The molecule has 0 aromatic rings. The molecule has 0 bridgehead atoms. The topological polar surface area (TPSA) is 18.5 Å². The molecule has 2 rings (SSSR count). The largest absolute Gasteiger partial charge is 0.498 e. The monoisotopic (exact) mass is 250 g/mol. The number of allylic oxidation sites excluding steroid dienone is 4. The lowest BCUT2D eigenvalue weighted by Crippen LogP contribution is -2.02. The van der Waals surface area contributed by atoms with E-state index in [9.17, 15) is 0 Å². The molecule has 18 heavy (non-hydrogen) atoms. The van der Waals surface area contributed by atoms with Crippen LogP contribution in [0.2, 0.25) is 0 Å². The van der Waals surface area contributed by atoms with E-state index in [1.807, 2.05) is 0 Å². The van der Waals surface area contributed by atoms with Gasteiger partial charge in [-0.05, 0) is 63.5 Å². The fourth-order valence-electron chi connectivity index (χ4n) is 2.49. The van der Waals surface area contributed by atoms with E-state index in [2.05, 4.69) is 12.2 Å². The molecule has 0 saturated heterocycles. The first-order valence-electron chi connectivity index (χ1n) is 7.59. The highest BCUT2D eigenvalue weighted by atomic mass is 16.5. The predicted octanol–water partition coefficient (Wildman–Crippen LogP) is 4.72. The average Bonchev–Trinajstić information content (AvgIpc) is 2.45. The van der Waals surface area contributed by atoms with Crippen LogP contribution < -0.4 is 0 Å². The lowest BCUT2D eigenvalue weighted by atomic mass is 10.1. The second-order valence-electron chi connectivity index (χ2n) is 5.24. The molecule has 2 aliphatic rings. The molecular weight excluding hydrogens is 224 g/mol. The van der Waals surface area contributed by atoms with Crippen LogP contribution in [0.15, 0.2) is 23.7 Å². The molecule has 0 atom stereocenters. The lowest BCUT2D eigenvalue weighted by Gasteiger charge is -2.15. The molecule has 0 aromatic heterocycles. The molecule has 0 amide bonds. The minimum Gasteiger partial charge on any atom is -0.498 e. The van der Waals surface area contributed by atoms with E-state index in [1.54, 1.807) is 0 Å². The Morgan fingerprint density at radius 1 is 0.722 bits per heavy atom. The first-order valence-corrected chi connectivity index (χ1v) is 7.59. The van der Waals surface area contributed by atoms with E-state index in [-0.39, 0.29) is 0 Å². The van der Waals surface area contributed by atoms with Crippen molar-refractivity contribution in [2.24, 2.45) is 0 Å². The Morgan fingerprint density at radius 2 is 1.22 bits per heavy atom. The van der Waals surface area contributed by atoms with Crippen LogP contribution in [0.4, 0.5) is 0 Å². The molecule has 102 valence electrons. The quantitative estimate of drug-likeness (QED) is 0.609. The molecule has 2 heteroatoms. The van der Waals surface area contributed by atoms with Gasteiger partial charge in [0.15, 0.2) is 0 Å². The second-order valence-corrected chi connectivity index (χ2v) is 5.24. The van der Waals surface area contributed by atoms with Gasteiger partial charge in [0.1, 0.15) is 0 Å². The smallest absolute Gasteiger partial charge is 0.0919 e. The van der Waals surface area contributed by atoms with Crippen LogP contribution in [-0.4, -0.2) is 13.2 Å². The summed E-state index contributed by atoms with van der Waals surface area (Å²) in [7, 11) is 0. The summed E-state index contributed by atoms with van der Waals surface area (Å²) in [5.41, 5.74) is 0. The van der Waals surface area contributed by atoms with Gasteiger partial charge in [-0.15, -0.1) is 0 Å². The van der Waals surface area contributed by atoms with Crippen LogP contribution in [0.3, 0.4) is 0 Å². The van der Waals surface area contributed by atoms with Gasteiger partial charge in [0.05, 0.1) is 24.7 Å². The third-order valence-electron chi connectivity index (χ3n) is 3.61. The fraction of sp³-hybridized carbons (Fsp3) is 0.750. The van der Waals surface area contributed by atoms with Crippen molar-refractivity contribution in [3.05, 3.63) is 23.7 Å². The third-order valence-corrected chi connectivity index (χ3v) is 3.61. The Morgan fingerprint density at radius 3 is 1.61 bits per heavy atom. The van der Waals surface area contributed by atoms with E-state index in [0.29, 0.717) is 0 Å². The van der Waals surface area contributed by atoms with Crippen molar-refractivity contribution in [1.82, 2.24) is 0 Å². The maximum Gasteiger partial charge on any atom is 0.0919 e. The van der Waals surface area contributed by atoms with Crippen LogP contribution >= 0.6 is 0 Å². The fourth-order valence-corrected chi connectivity index (χ4v) is 2.49. The van der Waals surface area contributed by atoms with Gasteiger partial charge in [-0.25, -0.2) is 0 Å². The highest BCUT2D eigenvalue weighted by Gasteiger charge is 2.05. The Balaban J connectivity index is 1.46. The van der Waals surface area contributed by atoms with Crippen molar-refractivity contribution in [2.75, 3.05) is 13.2 Å². The Hall–Kier alpha value is -0.920. The Labute approximate surface area is 111 Å². The average molecular weight is 250 g/mol. The van der Waals surface area contributed by atoms with Gasteiger partial charge < -0.3 is 9.47 Å². The van der Waals surface area contributed by atoms with Gasteiger partial charge in [0.2, 0.25) is 0 Å². The molecule has 0 heterocycles. The first kappa shape index (κ1) is 13.5. The zero-order valence-electron chi connectivity index (χ0n) is 11.5. The number of ether oxygens (including phenoxy) is 2.